The highest BCUT2D eigenvalue weighted by Gasteiger charge is 2.08. The van der Waals surface area contributed by atoms with Crippen LogP contribution in [0.1, 0.15) is 12.5 Å². The Morgan fingerprint density at radius 2 is 1.92 bits per heavy atom. The number of benzene rings is 2. The summed E-state index contributed by atoms with van der Waals surface area (Å²) < 4.78 is 1.73. The topological polar surface area (TPSA) is 70.1 Å². The van der Waals surface area contributed by atoms with Crippen LogP contribution in [0.15, 0.2) is 76.2 Å². The van der Waals surface area contributed by atoms with Gasteiger partial charge in [-0.15, -0.1) is 11.3 Å². The standard InChI is InChI=1S/C20H19N3O2S/c1-14(2)11-21-20-23(17(13-26-20)15-7-4-3-5-8-15)22-12-16-9-6-10-18(24)19(16)25/h3-10,12-13,24-25H,1,11H2,2H3. The number of aromatic hydroxyl groups is 2. The smallest absolute Gasteiger partial charge is 0.206 e. The van der Waals surface area contributed by atoms with E-state index >= 15 is 0 Å². The van der Waals surface area contributed by atoms with E-state index in [0.29, 0.717) is 12.1 Å². The van der Waals surface area contributed by atoms with E-state index in [-0.39, 0.29) is 11.5 Å². The molecule has 5 nitrogen and oxygen atoms in total. The van der Waals surface area contributed by atoms with Gasteiger partial charge in [-0.1, -0.05) is 48.6 Å². The molecule has 2 aromatic carbocycles. The van der Waals surface area contributed by atoms with Gasteiger partial charge in [-0.25, -0.2) is 4.68 Å². The molecule has 0 saturated heterocycles. The maximum absolute atomic E-state index is 9.98. The van der Waals surface area contributed by atoms with E-state index in [0.717, 1.165) is 21.6 Å². The lowest BCUT2D eigenvalue weighted by atomic mass is 10.2. The zero-order chi connectivity index (χ0) is 18.5. The maximum atomic E-state index is 9.98. The largest absolute Gasteiger partial charge is 0.504 e. The number of hydrogen-bond acceptors (Lipinski definition) is 5. The predicted octanol–water partition coefficient (Wildman–Crippen LogP) is 3.99. The number of hydrogen-bond donors (Lipinski definition) is 2. The quantitative estimate of drug-likeness (QED) is 0.408. The fourth-order valence-corrected chi connectivity index (χ4v) is 3.14. The van der Waals surface area contributed by atoms with Crippen LogP contribution >= 0.6 is 11.3 Å². The molecule has 0 unspecified atom stereocenters. The second kappa shape index (κ2) is 7.84. The zero-order valence-corrected chi connectivity index (χ0v) is 15.1. The molecule has 0 saturated carbocycles. The minimum absolute atomic E-state index is 0.181. The number of aromatic nitrogens is 1. The summed E-state index contributed by atoms with van der Waals surface area (Å²) in [5, 5.41) is 26.1. The molecule has 26 heavy (non-hydrogen) atoms. The van der Waals surface area contributed by atoms with Crippen molar-refractivity contribution in [2.24, 2.45) is 10.1 Å². The first-order chi connectivity index (χ1) is 12.6. The average Bonchev–Trinajstić information content (AvgIpc) is 3.05. The molecule has 1 aromatic heterocycles. The van der Waals surface area contributed by atoms with Crippen LogP contribution in [-0.2, 0) is 0 Å². The van der Waals surface area contributed by atoms with Gasteiger partial charge in [-0.05, 0) is 19.1 Å². The molecule has 1 heterocycles. The van der Waals surface area contributed by atoms with Crippen molar-refractivity contribution in [1.29, 1.82) is 0 Å². The molecule has 0 aliphatic rings. The SMILES string of the molecule is C=C(C)CN=c1scc(-c2ccccc2)n1N=Cc1cccc(O)c1O. The van der Waals surface area contributed by atoms with E-state index in [4.69, 9.17) is 0 Å². The van der Waals surface area contributed by atoms with Crippen LogP contribution in [0, 0.1) is 0 Å². The van der Waals surface area contributed by atoms with Gasteiger partial charge in [-0.2, -0.15) is 5.10 Å². The molecule has 0 spiro atoms. The van der Waals surface area contributed by atoms with Crippen LogP contribution in [0.25, 0.3) is 11.3 Å². The molecule has 2 N–H and O–H groups in total. The van der Waals surface area contributed by atoms with Crippen LogP contribution in [0.2, 0.25) is 0 Å². The van der Waals surface area contributed by atoms with Gasteiger partial charge in [0.15, 0.2) is 11.5 Å². The first kappa shape index (κ1) is 17.7. The van der Waals surface area contributed by atoms with Gasteiger partial charge in [0.05, 0.1) is 18.5 Å². The van der Waals surface area contributed by atoms with Crippen LogP contribution < -0.4 is 4.80 Å². The Balaban J connectivity index is 2.09. The Morgan fingerprint density at radius 1 is 1.15 bits per heavy atom. The van der Waals surface area contributed by atoms with E-state index in [1.165, 1.54) is 23.6 Å². The Bertz CT molecular complexity index is 1020. The summed E-state index contributed by atoms with van der Waals surface area (Å²) in [7, 11) is 0. The zero-order valence-electron chi connectivity index (χ0n) is 14.3. The lowest BCUT2D eigenvalue weighted by Crippen LogP contribution is -2.13. The molecule has 3 aromatic rings. The van der Waals surface area contributed by atoms with E-state index in [2.05, 4.69) is 16.7 Å². The van der Waals surface area contributed by atoms with Crippen LogP contribution in [0.4, 0.5) is 0 Å². The van der Waals surface area contributed by atoms with Gasteiger partial charge in [0.2, 0.25) is 4.80 Å². The number of nitrogens with zero attached hydrogens (tertiary/aromatic N) is 3. The number of rotatable bonds is 5. The molecular weight excluding hydrogens is 346 g/mol. The van der Waals surface area contributed by atoms with Gasteiger partial charge in [-0.3, -0.25) is 4.99 Å². The molecule has 0 bridgehead atoms. The van der Waals surface area contributed by atoms with Gasteiger partial charge < -0.3 is 10.2 Å². The maximum Gasteiger partial charge on any atom is 0.206 e. The minimum atomic E-state index is -0.200. The second-order valence-corrected chi connectivity index (χ2v) is 6.65. The molecule has 0 amide bonds. The average molecular weight is 365 g/mol. The van der Waals surface area contributed by atoms with Crippen LogP contribution in [0.3, 0.4) is 0 Å². The fraction of sp³-hybridized carbons (Fsp3) is 0.100. The van der Waals surface area contributed by atoms with Crippen molar-refractivity contribution in [3.05, 3.63) is 76.4 Å². The van der Waals surface area contributed by atoms with Crippen molar-refractivity contribution in [2.75, 3.05) is 6.54 Å². The predicted molar refractivity (Wildman–Crippen MR) is 106 cm³/mol. The van der Waals surface area contributed by atoms with E-state index in [1.807, 2.05) is 42.6 Å². The van der Waals surface area contributed by atoms with E-state index < -0.39 is 0 Å². The van der Waals surface area contributed by atoms with Crippen LogP contribution in [-0.4, -0.2) is 27.6 Å². The summed E-state index contributed by atoms with van der Waals surface area (Å²) in [5.74, 6) is -0.381. The molecule has 6 heteroatoms. The third-order valence-corrected chi connectivity index (χ3v) is 4.45. The minimum Gasteiger partial charge on any atom is -0.504 e. The third kappa shape index (κ3) is 3.92. The van der Waals surface area contributed by atoms with Crippen molar-refractivity contribution >= 4 is 17.6 Å². The van der Waals surface area contributed by atoms with Gasteiger partial charge >= 0.3 is 0 Å². The fourth-order valence-electron chi connectivity index (χ4n) is 2.30. The summed E-state index contributed by atoms with van der Waals surface area (Å²) in [4.78, 5) is 5.29. The molecule has 0 aliphatic carbocycles. The second-order valence-electron chi connectivity index (χ2n) is 5.81. The highest BCUT2D eigenvalue weighted by molar-refractivity contribution is 7.07. The molecule has 132 valence electrons. The lowest BCUT2D eigenvalue weighted by molar-refractivity contribution is 0.403. The van der Waals surface area contributed by atoms with Crippen molar-refractivity contribution < 1.29 is 10.2 Å². The number of para-hydroxylation sites is 1. The van der Waals surface area contributed by atoms with Gasteiger partial charge in [0.25, 0.3) is 0 Å². The molecule has 0 aliphatic heterocycles. The van der Waals surface area contributed by atoms with E-state index in [1.54, 1.807) is 16.8 Å². The summed E-state index contributed by atoms with van der Waals surface area (Å²) in [6.45, 7) is 6.32. The van der Waals surface area contributed by atoms with Gasteiger partial charge in [0.1, 0.15) is 0 Å². The number of thiazole rings is 1. The van der Waals surface area contributed by atoms with E-state index in [9.17, 15) is 10.2 Å². The lowest BCUT2D eigenvalue weighted by Gasteiger charge is -2.04. The number of phenolic OH excluding ortho intramolecular Hbond substituents is 2. The highest BCUT2D eigenvalue weighted by Crippen LogP contribution is 2.27. The Morgan fingerprint density at radius 3 is 2.65 bits per heavy atom. The Labute approximate surface area is 155 Å². The Kier molecular flexibility index (Phi) is 5.34. The first-order valence-electron chi connectivity index (χ1n) is 8.02. The monoisotopic (exact) mass is 365 g/mol. The van der Waals surface area contributed by atoms with Crippen LogP contribution in [0.5, 0.6) is 11.5 Å². The van der Waals surface area contributed by atoms with Gasteiger partial charge in [0, 0.05) is 16.5 Å². The Hall–Kier alpha value is -3.12. The van der Waals surface area contributed by atoms with Crippen molar-refractivity contribution in [2.45, 2.75) is 6.92 Å². The number of phenols is 2. The molecule has 0 atom stereocenters. The highest BCUT2D eigenvalue weighted by atomic mass is 32.1. The molecular formula is C20H19N3O2S. The van der Waals surface area contributed by atoms with Crippen molar-refractivity contribution in [3.8, 4) is 22.8 Å². The molecule has 0 fully saturated rings. The molecule has 0 radical (unpaired) electrons. The third-order valence-electron chi connectivity index (χ3n) is 3.60. The summed E-state index contributed by atoms with van der Waals surface area (Å²) >= 11 is 1.49. The van der Waals surface area contributed by atoms with Crippen molar-refractivity contribution in [1.82, 2.24) is 4.68 Å². The summed E-state index contributed by atoms with van der Waals surface area (Å²) in [6, 6.07) is 14.6. The van der Waals surface area contributed by atoms with Crippen molar-refractivity contribution in [3.63, 3.8) is 0 Å². The first-order valence-corrected chi connectivity index (χ1v) is 8.90. The normalized spacial score (nSPS) is 12.0. The summed E-state index contributed by atoms with van der Waals surface area (Å²) in [5.41, 5.74) is 3.29. The molecule has 3 rings (SSSR count). The summed E-state index contributed by atoms with van der Waals surface area (Å²) in [6.07, 6.45) is 1.51.